The summed E-state index contributed by atoms with van der Waals surface area (Å²) in [5.41, 5.74) is 20.8. The van der Waals surface area contributed by atoms with Crippen LogP contribution in [-0.2, 0) is 36.4 Å². The van der Waals surface area contributed by atoms with Crippen LogP contribution in [-0.4, -0.2) is 36.0 Å². The molecule has 5 nitrogen and oxygen atoms in total. The van der Waals surface area contributed by atoms with Gasteiger partial charge in [0.05, 0.1) is 22.1 Å². The Morgan fingerprint density at radius 3 is 1.76 bits per heavy atom. The maximum Gasteiger partial charge on any atom is 0.553 e. The zero-order valence-corrected chi connectivity index (χ0v) is 28.3. The first-order valence-electron chi connectivity index (χ1n) is 17.6. The summed E-state index contributed by atoms with van der Waals surface area (Å²) in [4.78, 5) is 12.0. The van der Waals surface area contributed by atoms with Crippen LogP contribution in [0.5, 0.6) is 0 Å². The van der Waals surface area contributed by atoms with Gasteiger partial charge in [-0.15, -0.1) is 0 Å². The smallest absolute Gasteiger partial charge is 0.299 e. The van der Waals surface area contributed by atoms with Gasteiger partial charge < -0.3 is 0 Å². The molecule has 0 amide bonds. The van der Waals surface area contributed by atoms with Crippen LogP contribution in [0, 0.1) is 0 Å². The molecule has 1 unspecified atom stereocenters. The molecule has 5 heteroatoms. The molecule has 1 spiro atoms. The monoisotopic (exact) mass is 598 g/mol. The third-order valence-corrected chi connectivity index (χ3v) is 11.5. The fraction of sp³-hybridized carbons (Fsp3) is 0.425. The molecular formula is C40H46N4O+2. The van der Waals surface area contributed by atoms with Gasteiger partial charge in [-0.1, -0.05) is 64.5 Å². The molecule has 2 aromatic rings. The number of aldehydes is 1. The van der Waals surface area contributed by atoms with Gasteiger partial charge in [-0.05, 0) is 91.8 Å². The van der Waals surface area contributed by atoms with Gasteiger partial charge in [-0.2, -0.15) is 9.13 Å². The van der Waals surface area contributed by atoms with E-state index < -0.39 is 5.91 Å². The van der Waals surface area contributed by atoms with Crippen molar-refractivity contribution < 1.29 is 13.9 Å². The van der Waals surface area contributed by atoms with Gasteiger partial charge in [0, 0.05) is 34.4 Å². The average Bonchev–Trinajstić information content (AvgIpc) is 3.76. The van der Waals surface area contributed by atoms with Crippen molar-refractivity contribution in [2.45, 2.75) is 113 Å². The van der Waals surface area contributed by atoms with E-state index >= 15 is 0 Å². The third-order valence-electron chi connectivity index (χ3n) is 11.5. The lowest BCUT2D eigenvalue weighted by molar-refractivity contribution is -0.837. The molecule has 8 rings (SSSR count). The molecular weight excluding hydrogens is 552 g/mol. The first-order chi connectivity index (χ1) is 22.0. The van der Waals surface area contributed by atoms with Crippen molar-refractivity contribution in [1.82, 2.24) is 9.13 Å². The molecule has 6 aliphatic heterocycles. The van der Waals surface area contributed by atoms with Gasteiger partial charge in [0.2, 0.25) is 22.8 Å². The van der Waals surface area contributed by atoms with Crippen molar-refractivity contribution in [3.05, 3.63) is 95.8 Å². The van der Waals surface area contributed by atoms with E-state index in [4.69, 9.17) is 0 Å². The fourth-order valence-corrected chi connectivity index (χ4v) is 10.1. The normalized spacial score (nSPS) is 21.7. The Balaban J connectivity index is 1.73. The van der Waals surface area contributed by atoms with E-state index in [1.807, 2.05) is 0 Å². The van der Waals surface area contributed by atoms with Crippen molar-refractivity contribution in [2.24, 2.45) is 0 Å². The molecule has 8 heterocycles. The Bertz CT molecular complexity index is 2140. The molecule has 45 heavy (non-hydrogen) atoms. The van der Waals surface area contributed by atoms with E-state index in [0.29, 0.717) is 0 Å². The predicted octanol–water partition coefficient (Wildman–Crippen LogP) is 6.14. The fourth-order valence-electron chi connectivity index (χ4n) is 10.1. The van der Waals surface area contributed by atoms with Gasteiger partial charge in [-0.25, -0.2) is 0 Å². The van der Waals surface area contributed by atoms with Crippen LogP contribution in [0.15, 0.2) is 51.4 Å². The molecule has 0 fully saturated rings. The highest BCUT2D eigenvalue weighted by atomic mass is 16.1. The highest BCUT2D eigenvalue weighted by Gasteiger charge is 2.74. The van der Waals surface area contributed by atoms with Crippen LogP contribution in [0.3, 0.4) is 0 Å². The quantitative estimate of drug-likeness (QED) is 0.184. The molecule has 0 saturated carbocycles. The number of rotatable bonds is 10. The van der Waals surface area contributed by atoms with Gasteiger partial charge in [0.1, 0.15) is 11.9 Å². The van der Waals surface area contributed by atoms with Crippen LogP contribution in [0.1, 0.15) is 115 Å². The number of nitrogens with zero attached hydrogens (tertiary/aromatic N) is 4. The van der Waals surface area contributed by atoms with Crippen LogP contribution in [0.2, 0.25) is 0 Å². The lowest BCUT2D eigenvalue weighted by Gasteiger charge is -2.39. The Kier molecular flexibility index (Phi) is 6.17. The first-order valence-corrected chi connectivity index (χ1v) is 17.6. The third kappa shape index (κ3) is 2.95. The minimum atomic E-state index is -0.648. The largest absolute Gasteiger partial charge is 0.553 e. The van der Waals surface area contributed by atoms with Crippen molar-refractivity contribution in [2.75, 3.05) is 0 Å². The maximum atomic E-state index is 12.0. The summed E-state index contributed by atoms with van der Waals surface area (Å²) in [6.45, 7) is 18.6. The highest BCUT2D eigenvalue weighted by Crippen LogP contribution is 2.53. The lowest BCUT2D eigenvalue weighted by Crippen LogP contribution is -2.70. The van der Waals surface area contributed by atoms with E-state index in [9.17, 15) is 4.79 Å². The highest BCUT2D eigenvalue weighted by molar-refractivity contribution is 6.22. The summed E-state index contributed by atoms with van der Waals surface area (Å²) in [6.07, 6.45) is 20.2. The summed E-state index contributed by atoms with van der Waals surface area (Å²) in [6, 6.07) is 0. The number of hydrogen-bond donors (Lipinski definition) is 0. The Hall–Kier alpha value is -3.99. The van der Waals surface area contributed by atoms with Crippen LogP contribution >= 0.6 is 0 Å². The summed E-state index contributed by atoms with van der Waals surface area (Å²) >= 11 is 0. The number of carbonyl (C=O) groups is 1. The van der Waals surface area contributed by atoms with Crippen molar-refractivity contribution in [3.8, 4) is 0 Å². The zero-order valence-electron chi connectivity index (χ0n) is 28.3. The Morgan fingerprint density at radius 1 is 0.622 bits per heavy atom. The molecule has 1 atom stereocenters. The van der Waals surface area contributed by atoms with Gasteiger partial charge in [0.25, 0.3) is 0 Å². The van der Waals surface area contributed by atoms with E-state index in [-0.39, 0.29) is 0 Å². The zero-order chi connectivity index (χ0) is 31.5. The van der Waals surface area contributed by atoms with Crippen LogP contribution < -0.4 is 10.7 Å². The van der Waals surface area contributed by atoms with Crippen LogP contribution in [0.4, 0.5) is 0 Å². The summed E-state index contributed by atoms with van der Waals surface area (Å²) < 4.78 is 10.9. The van der Waals surface area contributed by atoms with Gasteiger partial charge in [0.15, 0.2) is 0 Å². The Labute approximate surface area is 267 Å². The standard InChI is InChI=1S/C40H46N4O/c1-9-23-25(11-3)34-21-36-27(13-5)29(15-7)38-31(18-17-19-45)39-30(16-8)28(14-6)37-22-35-26(12-4)24(10-2)33-20-32(23)41(34)40(42(33)35,43(36)38)44(37)39/h17-22H,9-16H2,1-8H3/q+2/b18-17+. The minimum Gasteiger partial charge on any atom is -0.299 e. The predicted molar refractivity (Wildman–Crippen MR) is 183 cm³/mol. The molecule has 0 saturated heterocycles. The molecule has 2 aromatic heterocycles. The van der Waals surface area contributed by atoms with Crippen molar-refractivity contribution in [1.29, 1.82) is 0 Å². The minimum absolute atomic E-state index is 0.648. The molecule has 0 aliphatic carbocycles. The SMILES string of the molecule is CCC1=C(CC)C2=[N+]3C1=Cc1c(CC)c(CC)c4n1C31n3c(c(CC)c(CC)c3=C4)=CC3=[N+]1C(=C2/C=C/C=O)C(CC)=C3CC. The van der Waals surface area contributed by atoms with Gasteiger partial charge in [-0.3, -0.25) is 4.79 Å². The number of allylic oxidation sites excluding steroid dienone is 7. The molecule has 0 bridgehead atoms. The summed E-state index contributed by atoms with van der Waals surface area (Å²) in [5, 5.41) is 2.73. The molecule has 230 valence electrons. The maximum absolute atomic E-state index is 12.0. The number of carbonyl (C=O) groups excluding carboxylic acids is 1. The molecule has 0 radical (unpaired) electrons. The second-order valence-electron chi connectivity index (χ2n) is 12.9. The number of hydrogen-bond acceptors (Lipinski definition) is 1. The summed E-state index contributed by atoms with van der Waals surface area (Å²) in [5.74, 6) is -0.648. The van der Waals surface area contributed by atoms with E-state index in [1.165, 1.54) is 95.0 Å². The van der Waals surface area contributed by atoms with Crippen molar-refractivity contribution in [3.63, 3.8) is 0 Å². The topological polar surface area (TPSA) is 33.0 Å². The average molecular weight is 599 g/mol. The molecule has 0 aromatic carbocycles. The molecule has 0 N–H and O–H groups in total. The van der Waals surface area contributed by atoms with Crippen LogP contribution in [0.25, 0.3) is 18.2 Å². The van der Waals surface area contributed by atoms with Gasteiger partial charge >= 0.3 is 5.91 Å². The lowest BCUT2D eigenvalue weighted by atomic mass is 9.90. The second kappa shape index (κ2) is 9.75. The van der Waals surface area contributed by atoms with E-state index in [0.717, 1.165) is 57.7 Å². The first kappa shape index (κ1) is 28.5. The Morgan fingerprint density at radius 2 is 1.20 bits per heavy atom. The summed E-state index contributed by atoms with van der Waals surface area (Å²) in [7, 11) is 0. The van der Waals surface area contributed by atoms with Crippen molar-refractivity contribution >= 4 is 35.9 Å². The number of aromatic nitrogens is 2. The van der Waals surface area contributed by atoms with E-state index in [2.05, 4.69) is 98.0 Å². The molecule has 6 aliphatic rings. The second-order valence-corrected chi connectivity index (χ2v) is 12.9. The van der Waals surface area contributed by atoms with E-state index in [1.54, 1.807) is 6.08 Å².